The van der Waals surface area contributed by atoms with Crippen molar-refractivity contribution in [2.24, 2.45) is 0 Å². The highest BCUT2D eigenvalue weighted by atomic mass is 35.5. The average molecular weight is 536 g/mol. The van der Waals surface area contributed by atoms with Gasteiger partial charge in [-0.25, -0.2) is 4.68 Å². The predicted octanol–water partition coefficient (Wildman–Crippen LogP) is 6.10. The average Bonchev–Trinajstić information content (AvgIpc) is 3.37. The SMILES string of the molecule is COc1cc(C2C(C(=O)Nc3ccc(Cl)cc3)=C(C)Nc3ncnn32)ccc1OCc1ccc(Cl)cc1. The summed E-state index contributed by atoms with van der Waals surface area (Å²) in [4.78, 5) is 17.8. The van der Waals surface area contributed by atoms with E-state index in [1.54, 1.807) is 36.1 Å². The van der Waals surface area contributed by atoms with Crippen LogP contribution < -0.4 is 20.1 Å². The molecule has 3 aromatic carbocycles. The van der Waals surface area contributed by atoms with E-state index in [1.165, 1.54) is 6.33 Å². The van der Waals surface area contributed by atoms with Gasteiger partial charge in [0.15, 0.2) is 11.5 Å². The quantitative estimate of drug-likeness (QED) is 0.297. The number of anilines is 2. The molecule has 2 heterocycles. The third-order valence-electron chi connectivity index (χ3n) is 5.95. The van der Waals surface area contributed by atoms with Crippen molar-refractivity contribution in [3.63, 3.8) is 0 Å². The van der Waals surface area contributed by atoms with E-state index >= 15 is 0 Å². The highest BCUT2D eigenvalue weighted by molar-refractivity contribution is 6.30. The number of amides is 1. The van der Waals surface area contributed by atoms with E-state index in [9.17, 15) is 4.79 Å². The largest absolute Gasteiger partial charge is 0.493 e. The molecule has 0 aliphatic carbocycles. The molecule has 0 saturated heterocycles. The van der Waals surface area contributed by atoms with Gasteiger partial charge in [0.2, 0.25) is 5.95 Å². The van der Waals surface area contributed by atoms with Gasteiger partial charge in [-0.3, -0.25) is 4.79 Å². The second-order valence-corrected chi connectivity index (χ2v) is 9.25. The first-order valence-electron chi connectivity index (χ1n) is 11.4. The number of hydrogen-bond donors (Lipinski definition) is 2. The Bertz CT molecular complexity index is 1470. The Balaban J connectivity index is 1.46. The first-order chi connectivity index (χ1) is 17.9. The van der Waals surface area contributed by atoms with Crippen molar-refractivity contribution in [3.8, 4) is 11.5 Å². The molecule has 1 amide bonds. The normalized spacial score (nSPS) is 14.5. The molecular weight excluding hydrogens is 513 g/mol. The van der Waals surface area contributed by atoms with Gasteiger partial charge in [0.25, 0.3) is 5.91 Å². The Morgan fingerprint density at radius 2 is 1.73 bits per heavy atom. The molecule has 2 N–H and O–H groups in total. The Labute approximate surface area is 223 Å². The van der Waals surface area contributed by atoms with Crippen molar-refractivity contribution in [2.75, 3.05) is 17.7 Å². The third kappa shape index (κ3) is 5.26. The lowest BCUT2D eigenvalue weighted by atomic mass is 9.94. The van der Waals surface area contributed by atoms with Crippen molar-refractivity contribution >= 4 is 40.7 Å². The standard InChI is InChI=1S/C27H23Cl2N5O3/c1-16-24(26(35)33-21-10-8-20(29)9-11-21)25(34-27(32-16)30-15-31-34)18-5-12-22(23(13-18)36-2)37-14-17-3-6-19(28)7-4-17/h3-13,15,25H,14H2,1-2H3,(H,33,35)(H,30,31,32). The van der Waals surface area contributed by atoms with E-state index in [1.807, 2.05) is 49.4 Å². The minimum atomic E-state index is -0.551. The number of nitrogens with zero attached hydrogens (tertiary/aromatic N) is 3. The van der Waals surface area contributed by atoms with Crippen LogP contribution in [0.2, 0.25) is 10.0 Å². The first kappa shape index (κ1) is 24.7. The second kappa shape index (κ2) is 10.5. The van der Waals surface area contributed by atoms with Crippen LogP contribution in [0.15, 0.2) is 84.3 Å². The van der Waals surface area contributed by atoms with E-state index in [0.717, 1.165) is 11.1 Å². The number of fused-ring (bicyclic) bond motifs is 1. The minimum Gasteiger partial charge on any atom is -0.493 e. The van der Waals surface area contributed by atoms with Gasteiger partial charge >= 0.3 is 0 Å². The highest BCUT2D eigenvalue weighted by Crippen LogP contribution is 2.39. The van der Waals surface area contributed by atoms with Crippen molar-refractivity contribution in [2.45, 2.75) is 19.6 Å². The van der Waals surface area contributed by atoms with Crippen LogP contribution in [0.5, 0.6) is 11.5 Å². The summed E-state index contributed by atoms with van der Waals surface area (Å²) in [5.74, 6) is 1.36. The van der Waals surface area contributed by atoms with Gasteiger partial charge in [-0.1, -0.05) is 41.4 Å². The molecule has 37 heavy (non-hydrogen) atoms. The number of rotatable bonds is 7. The van der Waals surface area contributed by atoms with Crippen molar-refractivity contribution in [1.29, 1.82) is 0 Å². The highest BCUT2D eigenvalue weighted by Gasteiger charge is 2.34. The van der Waals surface area contributed by atoms with E-state index in [0.29, 0.717) is 51.1 Å². The van der Waals surface area contributed by atoms with Crippen LogP contribution >= 0.6 is 23.2 Å². The number of nitrogens with one attached hydrogen (secondary N) is 2. The predicted molar refractivity (Wildman–Crippen MR) is 143 cm³/mol. The summed E-state index contributed by atoms with van der Waals surface area (Å²) in [7, 11) is 1.58. The first-order valence-corrected chi connectivity index (χ1v) is 12.2. The molecule has 0 bridgehead atoms. The summed E-state index contributed by atoms with van der Waals surface area (Å²) in [6.45, 7) is 2.18. The van der Waals surface area contributed by atoms with Gasteiger partial charge in [0.1, 0.15) is 19.0 Å². The van der Waals surface area contributed by atoms with E-state index in [2.05, 4.69) is 20.7 Å². The zero-order valence-corrected chi connectivity index (χ0v) is 21.5. The molecule has 188 valence electrons. The maximum atomic E-state index is 13.5. The molecule has 1 aliphatic heterocycles. The Hall–Kier alpha value is -4.01. The smallest absolute Gasteiger partial charge is 0.255 e. The Kier molecular flexibility index (Phi) is 7.03. The van der Waals surface area contributed by atoms with Crippen LogP contribution in [0.3, 0.4) is 0 Å². The molecule has 8 nitrogen and oxygen atoms in total. The van der Waals surface area contributed by atoms with Gasteiger partial charge in [0.05, 0.1) is 12.7 Å². The lowest BCUT2D eigenvalue weighted by Crippen LogP contribution is -2.31. The fourth-order valence-corrected chi connectivity index (χ4v) is 4.39. The molecule has 5 rings (SSSR count). The number of methoxy groups -OCH3 is 1. The van der Waals surface area contributed by atoms with Gasteiger partial charge in [-0.15, -0.1) is 0 Å². The lowest BCUT2D eigenvalue weighted by Gasteiger charge is -2.29. The molecule has 1 aliphatic rings. The molecule has 0 spiro atoms. The van der Waals surface area contributed by atoms with Crippen LogP contribution in [0, 0.1) is 0 Å². The fourth-order valence-electron chi connectivity index (χ4n) is 4.14. The number of hydrogen-bond acceptors (Lipinski definition) is 6. The minimum absolute atomic E-state index is 0.277. The monoisotopic (exact) mass is 535 g/mol. The van der Waals surface area contributed by atoms with Crippen molar-refractivity contribution in [1.82, 2.24) is 14.8 Å². The molecular formula is C27H23Cl2N5O3. The zero-order valence-electron chi connectivity index (χ0n) is 20.0. The van der Waals surface area contributed by atoms with E-state index in [4.69, 9.17) is 32.7 Å². The Morgan fingerprint density at radius 3 is 2.43 bits per heavy atom. The molecule has 0 radical (unpaired) electrons. The number of halogens is 2. The number of ether oxygens (including phenoxy) is 2. The van der Waals surface area contributed by atoms with Crippen LogP contribution in [0.25, 0.3) is 0 Å². The molecule has 1 unspecified atom stereocenters. The number of carbonyl (C=O) groups is 1. The molecule has 10 heteroatoms. The van der Waals surface area contributed by atoms with Crippen LogP contribution in [0.1, 0.15) is 24.1 Å². The third-order valence-corrected chi connectivity index (χ3v) is 6.46. The molecule has 0 saturated carbocycles. The summed E-state index contributed by atoms with van der Waals surface area (Å²) in [6.07, 6.45) is 1.45. The number of benzene rings is 3. The van der Waals surface area contributed by atoms with Gasteiger partial charge in [0, 0.05) is 21.4 Å². The van der Waals surface area contributed by atoms with Crippen molar-refractivity contribution < 1.29 is 14.3 Å². The zero-order chi connectivity index (χ0) is 25.9. The molecule has 1 atom stereocenters. The summed E-state index contributed by atoms with van der Waals surface area (Å²) in [6, 6.07) is 19.4. The van der Waals surface area contributed by atoms with Crippen LogP contribution in [0.4, 0.5) is 11.6 Å². The molecule has 4 aromatic rings. The lowest BCUT2D eigenvalue weighted by molar-refractivity contribution is -0.113. The summed E-state index contributed by atoms with van der Waals surface area (Å²) < 4.78 is 13.3. The number of carbonyl (C=O) groups excluding carboxylic acids is 1. The van der Waals surface area contributed by atoms with Crippen molar-refractivity contribution in [3.05, 3.63) is 105 Å². The summed E-state index contributed by atoms with van der Waals surface area (Å²) in [5.41, 5.74) is 3.54. The fraction of sp³-hybridized carbons (Fsp3) is 0.148. The maximum Gasteiger partial charge on any atom is 0.255 e. The van der Waals surface area contributed by atoms with Gasteiger partial charge in [-0.2, -0.15) is 10.1 Å². The van der Waals surface area contributed by atoms with E-state index < -0.39 is 6.04 Å². The molecule has 0 fully saturated rings. The van der Waals surface area contributed by atoms with Crippen LogP contribution in [-0.2, 0) is 11.4 Å². The number of allylic oxidation sites excluding steroid dienone is 1. The van der Waals surface area contributed by atoms with E-state index in [-0.39, 0.29) is 5.91 Å². The van der Waals surface area contributed by atoms with Gasteiger partial charge < -0.3 is 20.1 Å². The maximum absolute atomic E-state index is 13.5. The number of aromatic nitrogens is 3. The molecule has 1 aromatic heterocycles. The summed E-state index contributed by atoms with van der Waals surface area (Å²) >= 11 is 12.0. The Morgan fingerprint density at radius 1 is 1.03 bits per heavy atom. The summed E-state index contributed by atoms with van der Waals surface area (Å²) in [5, 5.41) is 11.8. The topological polar surface area (TPSA) is 90.3 Å². The van der Waals surface area contributed by atoms with Crippen LogP contribution in [-0.4, -0.2) is 27.8 Å². The second-order valence-electron chi connectivity index (χ2n) is 8.38. The van der Waals surface area contributed by atoms with Gasteiger partial charge in [-0.05, 0) is 66.6 Å².